The van der Waals surface area contributed by atoms with Gasteiger partial charge in [0.25, 0.3) is 0 Å². The highest BCUT2D eigenvalue weighted by Gasteiger charge is 2.20. The summed E-state index contributed by atoms with van der Waals surface area (Å²) in [7, 11) is 0. The Morgan fingerprint density at radius 3 is 2.86 bits per heavy atom. The first-order valence-corrected chi connectivity index (χ1v) is 13.0. The Morgan fingerprint density at radius 1 is 1.28 bits per heavy atom. The molecule has 0 aliphatic rings. The van der Waals surface area contributed by atoms with Gasteiger partial charge in [0.05, 0.1) is 16.1 Å². The van der Waals surface area contributed by atoms with Crippen LogP contribution in [0.5, 0.6) is 0 Å². The lowest BCUT2D eigenvalue weighted by Crippen LogP contribution is -2.18. The minimum absolute atomic E-state index is 0.357. The van der Waals surface area contributed by atoms with Crippen molar-refractivity contribution in [2.24, 2.45) is 5.92 Å². The zero-order valence-electron chi connectivity index (χ0n) is 20.2. The molecule has 0 saturated heterocycles. The molecule has 186 valence electrons. The summed E-state index contributed by atoms with van der Waals surface area (Å²) in [6, 6.07) is 9.55. The maximum Gasteiger partial charge on any atom is 0.306 e. The lowest BCUT2D eigenvalue weighted by molar-refractivity contribution is -0.142. The summed E-state index contributed by atoms with van der Waals surface area (Å²) in [6.07, 6.45) is 10.6. The molecular formula is C27H28ClN5O2S. The number of carboxylic acid groups (broad SMARTS) is 1. The van der Waals surface area contributed by atoms with Crippen LogP contribution in [0.25, 0.3) is 21.4 Å². The summed E-state index contributed by atoms with van der Waals surface area (Å²) in [4.78, 5) is 16.2. The number of halogens is 1. The van der Waals surface area contributed by atoms with E-state index < -0.39 is 11.9 Å². The molecule has 2 N–H and O–H groups in total. The van der Waals surface area contributed by atoms with Crippen molar-refractivity contribution in [3.05, 3.63) is 83.4 Å². The van der Waals surface area contributed by atoms with Crippen molar-refractivity contribution in [2.45, 2.75) is 39.5 Å². The van der Waals surface area contributed by atoms with Crippen LogP contribution in [0.3, 0.4) is 0 Å². The molecule has 0 amide bonds. The van der Waals surface area contributed by atoms with Gasteiger partial charge in [-0.25, -0.2) is 4.98 Å². The SMILES string of the molecule is C=C(/C=C\C(=C/C)c1ccn2c(C[C@@H](CCCC)C(=O)O)nnc2c1)Nc1nc2ccc(Cl)cc2s1. The van der Waals surface area contributed by atoms with Crippen molar-refractivity contribution in [1.82, 2.24) is 19.6 Å². The van der Waals surface area contributed by atoms with Crippen LogP contribution in [0.2, 0.25) is 5.02 Å². The number of pyridine rings is 1. The highest BCUT2D eigenvalue weighted by molar-refractivity contribution is 7.22. The number of anilines is 1. The van der Waals surface area contributed by atoms with Crippen molar-refractivity contribution >= 4 is 55.5 Å². The normalized spacial score (nSPS) is 13.0. The van der Waals surface area contributed by atoms with Crippen molar-refractivity contribution in [2.75, 3.05) is 5.32 Å². The molecule has 0 fully saturated rings. The van der Waals surface area contributed by atoms with E-state index in [-0.39, 0.29) is 0 Å². The number of benzene rings is 1. The number of unbranched alkanes of at least 4 members (excludes halogenated alkanes) is 1. The molecule has 0 saturated carbocycles. The number of nitrogens with one attached hydrogen (secondary N) is 1. The standard InChI is InChI=1S/C27H28ClN5O2S/c1-4-6-7-20(26(34)35)15-25-32-31-24-14-19(12-13-33(24)25)18(5-2)9-8-17(3)29-27-30-22-11-10-21(28)16-23(22)36-27/h5,8-14,16,20H,3-4,6-7,15H2,1-2H3,(H,29,30)(H,34,35)/b9-8-,18-5+/t20-/m1/s1. The largest absolute Gasteiger partial charge is 0.481 e. The number of hydrogen-bond donors (Lipinski definition) is 2. The van der Waals surface area contributed by atoms with Crippen molar-refractivity contribution in [3.8, 4) is 0 Å². The van der Waals surface area contributed by atoms with Gasteiger partial charge < -0.3 is 10.4 Å². The summed E-state index contributed by atoms with van der Waals surface area (Å²) >= 11 is 7.59. The molecule has 3 aromatic heterocycles. The summed E-state index contributed by atoms with van der Waals surface area (Å²) in [5.74, 6) is -0.592. The number of aliphatic carboxylic acids is 1. The van der Waals surface area contributed by atoms with E-state index >= 15 is 0 Å². The van der Waals surface area contributed by atoms with Crippen LogP contribution in [-0.2, 0) is 11.2 Å². The summed E-state index contributed by atoms with van der Waals surface area (Å²) < 4.78 is 2.87. The number of allylic oxidation sites excluding steroid dienone is 4. The van der Waals surface area contributed by atoms with Crippen LogP contribution < -0.4 is 5.32 Å². The van der Waals surface area contributed by atoms with Gasteiger partial charge in [0.15, 0.2) is 10.8 Å². The Labute approximate surface area is 218 Å². The fraction of sp³-hybridized carbons (Fsp3) is 0.259. The van der Waals surface area contributed by atoms with Gasteiger partial charge in [-0.2, -0.15) is 0 Å². The van der Waals surface area contributed by atoms with Gasteiger partial charge in [-0.15, -0.1) is 10.2 Å². The topological polar surface area (TPSA) is 92.4 Å². The fourth-order valence-electron chi connectivity index (χ4n) is 3.92. The second-order valence-corrected chi connectivity index (χ2v) is 9.97. The second-order valence-electron chi connectivity index (χ2n) is 8.50. The Morgan fingerprint density at radius 2 is 2.11 bits per heavy atom. The van der Waals surface area contributed by atoms with Gasteiger partial charge in [0.1, 0.15) is 5.82 Å². The number of thiazole rings is 1. The zero-order valence-corrected chi connectivity index (χ0v) is 21.8. The monoisotopic (exact) mass is 521 g/mol. The van der Waals surface area contributed by atoms with Gasteiger partial charge in [0.2, 0.25) is 0 Å². The van der Waals surface area contributed by atoms with E-state index in [0.29, 0.717) is 35.0 Å². The third kappa shape index (κ3) is 6.01. The van der Waals surface area contributed by atoms with E-state index in [1.807, 2.05) is 66.1 Å². The molecule has 9 heteroatoms. The molecule has 7 nitrogen and oxygen atoms in total. The highest BCUT2D eigenvalue weighted by atomic mass is 35.5. The second kappa shape index (κ2) is 11.5. The van der Waals surface area contributed by atoms with Crippen LogP contribution >= 0.6 is 22.9 Å². The average molecular weight is 522 g/mol. The first-order chi connectivity index (χ1) is 17.4. The third-order valence-corrected chi connectivity index (χ3v) is 7.06. The maximum absolute atomic E-state index is 11.7. The average Bonchev–Trinajstić information content (AvgIpc) is 3.44. The Balaban J connectivity index is 1.46. The number of carboxylic acids is 1. The molecule has 1 atom stereocenters. The lowest BCUT2D eigenvalue weighted by Gasteiger charge is -2.10. The predicted octanol–water partition coefficient (Wildman–Crippen LogP) is 7.01. The molecule has 0 aliphatic carbocycles. The van der Waals surface area contributed by atoms with Gasteiger partial charge in [0, 0.05) is 23.3 Å². The number of rotatable bonds is 11. The molecule has 0 bridgehead atoms. The first kappa shape index (κ1) is 25.6. The molecule has 0 radical (unpaired) electrons. The van der Waals surface area contributed by atoms with Gasteiger partial charge in [-0.05, 0) is 60.9 Å². The lowest BCUT2D eigenvalue weighted by atomic mass is 9.98. The number of nitrogens with zero attached hydrogens (tertiary/aromatic N) is 4. The van der Waals surface area contributed by atoms with E-state index in [1.165, 1.54) is 11.3 Å². The Bertz CT molecular complexity index is 1470. The van der Waals surface area contributed by atoms with Crippen LogP contribution in [0.15, 0.2) is 67.0 Å². The molecule has 4 aromatic rings. The Kier molecular flexibility index (Phi) is 8.18. The summed E-state index contributed by atoms with van der Waals surface area (Å²) in [5.41, 5.74) is 4.24. The van der Waals surface area contributed by atoms with E-state index in [9.17, 15) is 9.90 Å². The van der Waals surface area contributed by atoms with E-state index in [1.54, 1.807) is 0 Å². The van der Waals surface area contributed by atoms with Crippen molar-refractivity contribution in [1.29, 1.82) is 0 Å². The summed E-state index contributed by atoms with van der Waals surface area (Å²) in [6.45, 7) is 8.12. The third-order valence-electron chi connectivity index (χ3n) is 5.89. The molecule has 3 heterocycles. The molecule has 0 spiro atoms. The molecule has 4 rings (SSSR count). The smallest absolute Gasteiger partial charge is 0.306 e. The first-order valence-electron chi connectivity index (χ1n) is 11.8. The Hall–Kier alpha value is -3.49. The van der Waals surface area contributed by atoms with Crippen LogP contribution in [0.1, 0.15) is 44.5 Å². The fourth-order valence-corrected chi connectivity index (χ4v) is 5.10. The van der Waals surface area contributed by atoms with Crippen LogP contribution in [-0.4, -0.2) is 30.7 Å². The highest BCUT2D eigenvalue weighted by Crippen LogP contribution is 2.29. The minimum Gasteiger partial charge on any atom is -0.481 e. The maximum atomic E-state index is 11.7. The van der Waals surface area contributed by atoms with Gasteiger partial charge in [-0.3, -0.25) is 9.20 Å². The van der Waals surface area contributed by atoms with Crippen molar-refractivity contribution < 1.29 is 9.90 Å². The molecule has 0 aliphatic heterocycles. The number of aromatic nitrogens is 4. The minimum atomic E-state index is -0.790. The quantitative estimate of drug-likeness (QED) is 0.206. The number of carbonyl (C=O) groups is 1. The zero-order chi connectivity index (χ0) is 25.7. The van der Waals surface area contributed by atoms with Gasteiger partial charge in [-0.1, -0.05) is 61.4 Å². The number of hydrogen-bond acceptors (Lipinski definition) is 6. The molecule has 36 heavy (non-hydrogen) atoms. The van der Waals surface area contributed by atoms with E-state index in [2.05, 4.69) is 34.0 Å². The van der Waals surface area contributed by atoms with E-state index in [0.717, 1.165) is 39.3 Å². The van der Waals surface area contributed by atoms with Crippen molar-refractivity contribution in [3.63, 3.8) is 0 Å². The van der Waals surface area contributed by atoms with Crippen LogP contribution in [0, 0.1) is 5.92 Å². The molecule has 0 unspecified atom stereocenters. The summed E-state index contributed by atoms with van der Waals surface area (Å²) in [5, 5.41) is 22.8. The number of fused-ring (bicyclic) bond motifs is 2. The van der Waals surface area contributed by atoms with Gasteiger partial charge >= 0.3 is 5.97 Å². The predicted molar refractivity (Wildman–Crippen MR) is 148 cm³/mol. The molecule has 1 aromatic carbocycles. The van der Waals surface area contributed by atoms with E-state index in [4.69, 9.17) is 11.6 Å². The van der Waals surface area contributed by atoms with Crippen LogP contribution in [0.4, 0.5) is 5.13 Å². The molecular weight excluding hydrogens is 494 g/mol.